The van der Waals surface area contributed by atoms with Gasteiger partial charge in [0.15, 0.2) is 0 Å². The fourth-order valence-electron chi connectivity index (χ4n) is 8.21. The van der Waals surface area contributed by atoms with Gasteiger partial charge in [-0.05, 0) is 153 Å². The third kappa shape index (κ3) is 11.2. The molecule has 0 spiro atoms. The van der Waals surface area contributed by atoms with Gasteiger partial charge < -0.3 is 9.80 Å². The Bertz CT molecular complexity index is 2870. The van der Waals surface area contributed by atoms with Crippen molar-refractivity contribution >= 4 is 66.4 Å². The topological polar surface area (TPSA) is 115 Å². The predicted octanol–water partition coefficient (Wildman–Crippen LogP) is 10.7. The van der Waals surface area contributed by atoms with Gasteiger partial charge in [-0.2, -0.15) is 0 Å². The average molecular weight is 974 g/mol. The number of benzene rings is 6. The lowest BCUT2D eigenvalue weighted by atomic mass is 10.0. The highest BCUT2D eigenvalue weighted by Gasteiger charge is 2.36. The van der Waals surface area contributed by atoms with Crippen LogP contribution in [0, 0.1) is 25.5 Å². The van der Waals surface area contributed by atoms with Crippen LogP contribution in [0.4, 0.5) is 20.2 Å². The molecule has 6 aromatic carbocycles. The van der Waals surface area contributed by atoms with Gasteiger partial charge in [-0.15, -0.1) is 0 Å². The highest BCUT2D eigenvalue weighted by molar-refractivity contribution is 7.93. The van der Waals surface area contributed by atoms with Gasteiger partial charge in [-0.1, -0.05) is 77.3 Å². The maximum atomic E-state index is 13.6. The number of hydrogen-bond donors (Lipinski definition) is 0. The zero-order chi connectivity index (χ0) is 47.2. The van der Waals surface area contributed by atoms with Crippen molar-refractivity contribution in [1.29, 1.82) is 0 Å². The molecule has 10 nitrogen and oxygen atoms in total. The summed E-state index contributed by atoms with van der Waals surface area (Å²) in [7, 11) is -8.01. The van der Waals surface area contributed by atoms with E-state index in [0.717, 1.165) is 56.5 Å². The van der Waals surface area contributed by atoms with Gasteiger partial charge in [0.25, 0.3) is 20.0 Å². The molecule has 2 heterocycles. The zero-order valence-corrected chi connectivity index (χ0v) is 39.4. The number of amides is 2. The van der Waals surface area contributed by atoms with Gasteiger partial charge in [-0.25, -0.2) is 25.6 Å². The summed E-state index contributed by atoms with van der Waals surface area (Å²) in [5, 5.41) is 0.933. The molecule has 8 rings (SSSR count). The summed E-state index contributed by atoms with van der Waals surface area (Å²) in [6.45, 7) is 4.01. The number of rotatable bonds is 12. The summed E-state index contributed by atoms with van der Waals surface area (Å²) in [6, 6.07) is 37.6. The number of carbonyl (C=O) groups is 2. The molecule has 2 unspecified atom stereocenters. The van der Waals surface area contributed by atoms with E-state index in [-0.39, 0.29) is 58.4 Å². The SMILES string of the molecule is Cc1ccc(S(=O)(=O)N(CC(=O)N2CCCC2c2ccc(F)cc2)c2ccc(Cl)cc2)cc1.Cc1cccc(S(=O)(=O)N(CC(=O)N2CCCC2c2ccc(F)cc2)c2ccc(Cl)cc2)c1. The number of aryl methyl sites for hydroxylation is 2. The second-order valence-electron chi connectivity index (χ2n) is 16.2. The number of anilines is 2. The summed E-state index contributed by atoms with van der Waals surface area (Å²) in [4.78, 5) is 30.4. The largest absolute Gasteiger partial charge is 0.334 e. The van der Waals surface area contributed by atoms with Crippen molar-refractivity contribution in [1.82, 2.24) is 9.80 Å². The second kappa shape index (κ2) is 20.8. The highest BCUT2D eigenvalue weighted by Crippen LogP contribution is 2.35. The van der Waals surface area contributed by atoms with Crippen LogP contribution < -0.4 is 8.61 Å². The van der Waals surface area contributed by atoms with Gasteiger partial charge in [0, 0.05) is 23.1 Å². The number of likely N-dealkylation sites (tertiary alicyclic amines) is 2. The molecule has 2 amide bonds. The maximum Gasteiger partial charge on any atom is 0.264 e. The van der Waals surface area contributed by atoms with E-state index in [1.807, 2.05) is 19.9 Å². The van der Waals surface area contributed by atoms with Crippen LogP contribution in [0.5, 0.6) is 0 Å². The lowest BCUT2D eigenvalue weighted by molar-refractivity contribution is -0.131. The summed E-state index contributed by atoms with van der Waals surface area (Å²) in [6.07, 6.45) is 3.06. The standard InChI is InChI=1S/2C25H24ClFN2O3S/c1-18-4-2-5-23(16-18)33(31,32)29(22-13-9-20(26)10-14-22)17-25(30)28-15-3-6-24(28)19-7-11-21(27)12-8-19;1-18-4-14-23(15-5-18)33(31,32)29(22-12-8-20(26)9-13-22)17-25(30)28-16-2-3-24(28)19-6-10-21(27)11-7-19/h2,4-5,7-14,16,24H,3,6,15,17H2,1H3;4-15,24H,2-3,16-17H2,1H3. The fourth-order valence-corrected chi connectivity index (χ4v) is 11.4. The Hall–Kier alpha value is -5.80. The molecule has 6 aromatic rings. The molecule has 2 aliphatic rings. The Morgan fingerprint density at radius 2 is 0.955 bits per heavy atom. The van der Waals surface area contributed by atoms with Crippen LogP contribution in [0.3, 0.4) is 0 Å². The van der Waals surface area contributed by atoms with E-state index in [9.17, 15) is 35.2 Å². The molecular formula is C50H48Cl2F2N4O6S2. The van der Waals surface area contributed by atoms with Crippen molar-refractivity contribution in [2.75, 3.05) is 34.8 Å². The van der Waals surface area contributed by atoms with Gasteiger partial charge in [-0.3, -0.25) is 18.2 Å². The van der Waals surface area contributed by atoms with Gasteiger partial charge in [0.05, 0.1) is 33.2 Å². The minimum absolute atomic E-state index is 0.104. The molecule has 0 aromatic heterocycles. The van der Waals surface area contributed by atoms with E-state index >= 15 is 0 Å². The van der Waals surface area contributed by atoms with E-state index in [4.69, 9.17) is 23.2 Å². The monoisotopic (exact) mass is 972 g/mol. The molecule has 0 radical (unpaired) electrons. The molecule has 2 atom stereocenters. The normalized spacial score (nSPS) is 16.1. The zero-order valence-electron chi connectivity index (χ0n) is 36.2. The van der Waals surface area contributed by atoms with Crippen LogP contribution in [0.25, 0.3) is 0 Å². The van der Waals surface area contributed by atoms with Crippen LogP contribution in [-0.4, -0.2) is 64.6 Å². The molecule has 2 saturated heterocycles. The Kier molecular flexibility index (Phi) is 15.2. The van der Waals surface area contributed by atoms with E-state index in [2.05, 4.69) is 0 Å². The van der Waals surface area contributed by atoms with E-state index in [1.54, 1.807) is 107 Å². The Morgan fingerprint density at radius 1 is 0.545 bits per heavy atom. The lowest BCUT2D eigenvalue weighted by Gasteiger charge is -2.30. The predicted molar refractivity (Wildman–Crippen MR) is 255 cm³/mol. The minimum atomic E-state index is -4.01. The first kappa shape index (κ1) is 48.1. The third-order valence-electron chi connectivity index (χ3n) is 11.6. The molecule has 0 bridgehead atoms. The fraction of sp³-hybridized carbons (Fsp3) is 0.240. The van der Waals surface area contributed by atoms with Crippen molar-refractivity contribution in [3.63, 3.8) is 0 Å². The Labute approximate surface area is 395 Å². The van der Waals surface area contributed by atoms with E-state index in [1.165, 1.54) is 42.5 Å². The molecule has 16 heteroatoms. The van der Waals surface area contributed by atoms with E-state index in [0.29, 0.717) is 34.5 Å². The van der Waals surface area contributed by atoms with Crippen LogP contribution in [0.2, 0.25) is 10.0 Å². The summed E-state index contributed by atoms with van der Waals surface area (Å²) >= 11 is 12.0. The lowest BCUT2D eigenvalue weighted by Crippen LogP contribution is -2.42. The van der Waals surface area contributed by atoms with Crippen molar-refractivity contribution in [3.8, 4) is 0 Å². The number of nitrogens with zero attached hydrogens (tertiary/aromatic N) is 4. The minimum Gasteiger partial charge on any atom is -0.334 e. The molecule has 2 aliphatic heterocycles. The summed E-state index contributed by atoms with van der Waals surface area (Å²) in [5.74, 6) is -1.30. The van der Waals surface area contributed by atoms with Gasteiger partial charge in [0.2, 0.25) is 11.8 Å². The maximum absolute atomic E-state index is 13.6. The van der Waals surface area contributed by atoms with Crippen LogP contribution >= 0.6 is 23.2 Å². The van der Waals surface area contributed by atoms with Crippen molar-refractivity contribution in [2.24, 2.45) is 0 Å². The van der Waals surface area contributed by atoms with Crippen LogP contribution in [0.15, 0.2) is 155 Å². The quantitative estimate of drug-likeness (QED) is 0.121. The van der Waals surface area contributed by atoms with Crippen molar-refractivity contribution in [3.05, 3.63) is 190 Å². The first-order valence-electron chi connectivity index (χ1n) is 21.3. The molecule has 0 N–H and O–H groups in total. The Balaban J connectivity index is 0.000000196. The second-order valence-corrected chi connectivity index (χ2v) is 20.8. The number of sulfonamides is 2. The molecule has 0 aliphatic carbocycles. The smallest absolute Gasteiger partial charge is 0.264 e. The van der Waals surface area contributed by atoms with E-state index < -0.39 is 20.0 Å². The molecule has 344 valence electrons. The van der Waals surface area contributed by atoms with Gasteiger partial charge >= 0.3 is 0 Å². The number of hydrogen-bond acceptors (Lipinski definition) is 6. The van der Waals surface area contributed by atoms with Gasteiger partial charge in [0.1, 0.15) is 24.7 Å². The highest BCUT2D eigenvalue weighted by atomic mass is 35.5. The number of carbonyl (C=O) groups excluding carboxylic acids is 2. The molecule has 2 fully saturated rings. The molecular weight excluding hydrogens is 926 g/mol. The van der Waals surface area contributed by atoms with Crippen molar-refractivity contribution in [2.45, 2.75) is 61.4 Å². The average Bonchev–Trinajstić information content (AvgIpc) is 4.01. The summed E-state index contributed by atoms with van der Waals surface area (Å²) < 4.78 is 83.3. The molecule has 66 heavy (non-hydrogen) atoms. The third-order valence-corrected chi connectivity index (χ3v) is 15.7. The summed E-state index contributed by atoms with van der Waals surface area (Å²) in [5.41, 5.74) is 4.11. The first-order chi connectivity index (χ1) is 31.5. The Morgan fingerprint density at radius 3 is 1.36 bits per heavy atom. The molecule has 0 saturated carbocycles. The number of halogens is 4. The first-order valence-corrected chi connectivity index (χ1v) is 24.9. The van der Waals surface area contributed by atoms with Crippen LogP contribution in [-0.2, 0) is 29.6 Å². The van der Waals surface area contributed by atoms with Crippen LogP contribution in [0.1, 0.15) is 60.0 Å². The van der Waals surface area contributed by atoms with Crippen molar-refractivity contribution < 1.29 is 35.2 Å².